The molecule has 158 valence electrons. The second-order valence-corrected chi connectivity index (χ2v) is 7.43. The molecule has 0 bridgehead atoms. The largest absolute Gasteiger partial charge is 0.493 e. The van der Waals surface area contributed by atoms with Gasteiger partial charge in [0.2, 0.25) is 5.91 Å². The van der Waals surface area contributed by atoms with Crippen molar-refractivity contribution in [2.45, 2.75) is 6.54 Å². The molecule has 0 aliphatic rings. The molecule has 6 nitrogen and oxygen atoms in total. The number of rotatable bonds is 8. The van der Waals surface area contributed by atoms with Gasteiger partial charge in [0.05, 0.1) is 26.5 Å². The van der Waals surface area contributed by atoms with Crippen molar-refractivity contribution in [1.29, 1.82) is 0 Å². The fourth-order valence-electron chi connectivity index (χ4n) is 2.90. The minimum absolute atomic E-state index is 0.0531. The second kappa shape index (κ2) is 9.64. The molecule has 30 heavy (non-hydrogen) atoms. The van der Waals surface area contributed by atoms with E-state index in [4.69, 9.17) is 9.47 Å². The number of benzene rings is 2. The third-order valence-corrected chi connectivity index (χ3v) is 5.03. The SMILES string of the molecule is COc1ccc(CN(C)CC(=O)Nc2nc(-c3cc(F)ccc3F)cs2)cc1OC. The minimum Gasteiger partial charge on any atom is -0.493 e. The number of nitrogens with zero attached hydrogens (tertiary/aromatic N) is 2. The highest BCUT2D eigenvalue weighted by atomic mass is 32.1. The first kappa shape index (κ1) is 21.7. The molecule has 0 fully saturated rings. The van der Waals surface area contributed by atoms with Gasteiger partial charge in [-0.25, -0.2) is 13.8 Å². The molecule has 1 N–H and O–H groups in total. The summed E-state index contributed by atoms with van der Waals surface area (Å²) in [7, 11) is 4.95. The van der Waals surface area contributed by atoms with Crippen molar-refractivity contribution in [2.75, 3.05) is 33.1 Å². The molecule has 0 saturated heterocycles. The predicted molar refractivity (Wildman–Crippen MR) is 112 cm³/mol. The number of nitrogens with one attached hydrogen (secondary N) is 1. The van der Waals surface area contributed by atoms with Crippen molar-refractivity contribution >= 4 is 22.4 Å². The van der Waals surface area contributed by atoms with E-state index in [9.17, 15) is 13.6 Å². The van der Waals surface area contributed by atoms with Crippen LogP contribution in [0, 0.1) is 11.6 Å². The average Bonchev–Trinajstić information content (AvgIpc) is 3.17. The van der Waals surface area contributed by atoms with Crippen molar-refractivity contribution in [3.63, 3.8) is 0 Å². The van der Waals surface area contributed by atoms with E-state index in [1.807, 2.05) is 30.1 Å². The van der Waals surface area contributed by atoms with E-state index in [1.54, 1.807) is 19.6 Å². The smallest absolute Gasteiger partial charge is 0.240 e. The van der Waals surface area contributed by atoms with Crippen molar-refractivity contribution in [3.05, 3.63) is 59.0 Å². The quantitative estimate of drug-likeness (QED) is 0.578. The molecule has 2 aromatic carbocycles. The number of amides is 1. The molecule has 0 unspecified atom stereocenters. The van der Waals surface area contributed by atoms with Gasteiger partial charge >= 0.3 is 0 Å². The minimum atomic E-state index is -0.575. The van der Waals surface area contributed by atoms with Crippen LogP contribution in [0.3, 0.4) is 0 Å². The number of likely N-dealkylation sites (N-methyl/N-ethyl adjacent to an activating group) is 1. The maximum Gasteiger partial charge on any atom is 0.240 e. The molecular weight excluding hydrogens is 412 g/mol. The van der Waals surface area contributed by atoms with Crippen molar-refractivity contribution in [3.8, 4) is 22.8 Å². The van der Waals surface area contributed by atoms with Crippen molar-refractivity contribution in [1.82, 2.24) is 9.88 Å². The first-order chi connectivity index (χ1) is 14.4. The summed E-state index contributed by atoms with van der Waals surface area (Å²) in [6.07, 6.45) is 0. The maximum absolute atomic E-state index is 13.9. The standard InChI is InChI=1S/C21H21F2N3O3S/c1-26(10-13-4-7-18(28-2)19(8-13)29-3)11-20(27)25-21-24-17(12-30-21)15-9-14(22)5-6-16(15)23/h4-9,12H,10-11H2,1-3H3,(H,24,25,27). The molecular formula is C21H21F2N3O3S. The molecule has 0 aliphatic carbocycles. The monoisotopic (exact) mass is 433 g/mol. The fourth-order valence-corrected chi connectivity index (χ4v) is 3.63. The second-order valence-electron chi connectivity index (χ2n) is 6.57. The number of aromatic nitrogens is 1. The number of methoxy groups -OCH3 is 2. The lowest BCUT2D eigenvalue weighted by molar-refractivity contribution is -0.117. The Morgan fingerprint density at radius 1 is 1.13 bits per heavy atom. The third-order valence-electron chi connectivity index (χ3n) is 4.27. The number of ether oxygens (including phenoxy) is 2. The normalized spacial score (nSPS) is 10.9. The summed E-state index contributed by atoms with van der Waals surface area (Å²) in [5.41, 5.74) is 1.28. The molecule has 0 aliphatic heterocycles. The molecule has 9 heteroatoms. The van der Waals surface area contributed by atoms with Crippen LogP contribution in [-0.2, 0) is 11.3 Å². The zero-order chi connectivity index (χ0) is 21.7. The number of carbonyl (C=O) groups is 1. The van der Waals surface area contributed by atoms with E-state index in [1.165, 1.54) is 0 Å². The van der Waals surface area contributed by atoms with Gasteiger partial charge in [-0.05, 0) is 42.9 Å². The van der Waals surface area contributed by atoms with E-state index in [0.717, 1.165) is 35.1 Å². The first-order valence-corrected chi connectivity index (χ1v) is 9.88. The Morgan fingerprint density at radius 2 is 1.90 bits per heavy atom. The van der Waals surface area contributed by atoms with Gasteiger partial charge in [-0.2, -0.15) is 0 Å². The molecule has 0 radical (unpaired) electrons. The summed E-state index contributed by atoms with van der Waals surface area (Å²) in [6.45, 7) is 0.642. The van der Waals surface area contributed by atoms with Gasteiger partial charge in [0.1, 0.15) is 11.6 Å². The van der Waals surface area contributed by atoms with E-state index < -0.39 is 11.6 Å². The number of thiazole rings is 1. The Labute approximate surface area is 177 Å². The van der Waals surface area contributed by atoms with Crippen LogP contribution in [0.4, 0.5) is 13.9 Å². The summed E-state index contributed by atoms with van der Waals surface area (Å²) in [6, 6.07) is 8.73. The number of hydrogen-bond acceptors (Lipinski definition) is 6. The highest BCUT2D eigenvalue weighted by Crippen LogP contribution is 2.29. The Morgan fingerprint density at radius 3 is 2.63 bits per heavy atom. The topological polar surface area (TPSA) is 63.7 Å². The number of hydrogen-bond donors (Lipinski definition) is 1. The van der Waals surface area contributed by atoms with Gasteiger partial charge in [0.25, 0.3) is 0 Å². The summed E-state index contributed by atoms with van der Waals surface area (Å²) in [5.74, 6) is -0.140. The Balaban J connectivity index is 1.59. The molecule has 3 rings (SSSR count). The van der Waals surface area contributed by atoms with E-state index in [2.05, 4.69) is 10.3 Å². The van der Waals surface area contributed by atoms with Crippen LogP contribution in [0.1, 0.15) is 5.56 Å². The molecule has 1 heterocycles. The first-order valence-electron chi connectivity index (χ1n) is 9.00. The van der Waals surface area contributed by atoms with Crippen LogP contribution < -0.4 is 14.8 Å². The molecule has 0 saturated carbocycles. The van der Waals surface area contributed by atoms with Gasteiger partial charge in [-0.3, -0.25) is 9.69 Å². The fraction of sp³-hybridized carbons (Fsp3) is 0.238. The van der Waals surface area contributed by atoms with Crippen LogP contribution in [0.2, 0.25) is 0 Å². The van der Waals surface area contributed by atoms with Crippen molar-refractivity contribution in [2.24, 2.45) is 0 Å². The van der Waals surface area contributed by atoms with Crippen molar-refractivity contribution < 1.29 is 23.0 Å². The predicted octanol–water partition coefficient (Wildman–Crippen LogP) is 4.18. The lowest BCUT2D eigenvalue weighted by Gasteiger charge is -2.17. The van der Waals surface area contributed by atoms with Crippen LogP contribution in [-0.4, -0.2) is 43.6 Å². The molecule has 1 amide bonds. The number of carbonyl (C=O) groups excluding carboxylic acids is 1. The van der Waals surface area contributed by atoms with Crippen LogP contribution in [0.5, 0.6) is 11.5 Å². The van der Waals surface area contributed by atoms with E-state index in [0.29, 0.717) is 23.2 Å². The van der Waals surface area contributed by atoms with Crippen LogP contribution in [0.15, 0.2) is 41.8 Å². The average molecular weight is 433 g/mol. The molecule has 0 spiro atoms. The van der Waals surface area contributed by atoms with Gasteiger partial charge in [0, 0.05) is 17.5 Å². The molecule has 0 atom stereocenters. The van der Waals surface area contributed by atoms with Gasteiger partial charge in [-0.1, -0.05) is 6.07 Å². The van der Waals surface area contributed by atoms with Crippen LogP contribution >= 0.6 is 11.3 Å². The Hall–Kier alpha value is -3.04. The summed E-state index contributed by atoms with van der Waals surface area (Å²) in [5, 5.41) is 4.58. The summed E-state index contributed by atoms with van der Waals surface area (Å²) < 4.78 is 37.8. The highest BCUT2D eigenvalue weighted by molar-refractivity contribution is 7.14. The zero-order valence-electron chi connectivity index (χ0n) is 16.7. The van der Waals surface area contributed by atoms with Gasteiger partial charge in [-0.15, -0.1) is 11.3 Å². The third kappa shape index (κ3) is 5.31. The zero-order valence-corrected chi connectivity index (χ0v) is 17.6. The van der Waals surface area contributed by atoms with Crippen LogP contribution in [0.25, 0.3) is 11.3 Å². The lowest BCUT2D eigenvalue weighted by Crippen LogP contribution is -2.29. The van der Waals surface area contributed by atoms with Gasteiger partial charge < -0.3 is 14.8 Å². The van der Waals surface area contributed by atoms with E-state index >= 15 is 0 Å². The summed E-state index contributed by atoms with van der Waals surface area (Å²) >= 11 is 1.15. The molecule has 3 aromatic rings. The lowest BCUT2D eigenvalue weighted by atomic mass is 10.1. The number of anilines is 1. The maximum atomic E-state index is 13.9. The summed E-state index contributed by atoms with van der Waals surface area (Å²) in [4.78, 5) is 18.4. The highest BCUT2D eigenvalue weighted by Gasteiger charge is 2.14. The van der Waals surface area contributed by atoms with E-state index in [-0.39, 0.29) is 23.7 Å². The molecule has 1 aromatic heterocycles. The Bertz CT molecular complexity index is 1040. The number of halogens is 2. The Kier molecular flexibility index (Phi) is 6.96. The van der Waals surface area contributed by atoms with Gasteiger partial charge in [0.15, 0.2) is 16.6 Å².